The predicted molar refractivity (Wildman–Crippen MR) is 115 cm³/mol. The second kappa shape index (κ2) is 8.42. The number of benzene rings is 2. The summed E-state index contributed by atoms with van der Waals surface area (Å²) in [7, 11) is 0. The van der Waals surface area contributed by atoms with Crippen molar-refractivity contribution < 1.29 is 0 Å². The number of piperidine rings is 1. The van der Waals surface area contributed by atoms with Gasteiger partial charge in [0.25, 0.3) is 0 Å². The van der Waals surface area contributed by atoms with Crippen LogP contribution in [0, 0.1) is 18.3 Å². The van der Waals surface area contributed by atoms with Crippen LogP contribution in [0.15, 0.2) is 54.6 Å². The molecule has 2 aromatic carbocycles. The minimum absolute atomic E-state index is 0.347. The number of anilines is 1. The Labute approximate surface area is 171 Å². The maximum absolute atomic E-state index is 9.10. The van der Waals surface area contributed by atoms with Crippen molar-refractivity contribution in [1.29, 1.82) is 5.26 Å². The Bertz CT molecular complexity index is 1030. The molecule has 0 unspecified atom stereocenters. The van der Waals surface area contributed by atoms with E-state index in [1.165, 1.54) is 5.56 Å². The highest BCUT2D eigenvalue weighted by Gasteiger charge is 2.25. The molecule has 0 radical (unpaired) electrons. The first-order valence-corrected chi connectivity index (χ1v) is 10.0. The summed E-state index contributed by atoms with van der Waals surface area (Å²) in [5, 5.41) is 9.10. The number of nitriles is 1. The molecule has 5 heteroatoms. The van der Waals surface area contributed by atoms with Crippen molar-refractivity contribution in [1.82, 2.24) is 14.9 Å². The normalized spacial score (nSPS) is 15.2. The Kier molecular flexibility index (Phi) is 5.55. The molecule has 2 heterocycles. The number of hydrogen-bond acceptors (Lipinski definition) is 5. The van der Waals surface area contributed by atoms with E-state index in [2.05, 4.69) is 46.1 Å². The maximum atomic E-state index is 9.10. The van der Waals surface area contributed by atoms with Gasteiger partial charge in [-0.25, -0.2) is 9.97 Å². The lowest BCUT2D eigenvalue weighted by molar-refractivity contribution is 0.203. The predicted octanol–water partition coefficient (Wildman–Crippen LogP) is 4.29. The zero-order valence-corrected chi connectivity index (χ0v) is 16.7. The summed E-state index contributed by atoms with van der Waals surface area (Å²) in [5.41, 5.74) is 12.2. The van der Waals surface area contributed by atoms with Gasteiger partial charge in [-0.1, -0.05) is 42.5 Å². The molecule has 0 aliphatic carbocycles. The van der Waals surface area contributed by atoms with E-state index in [1.54, 1.807) is 0 Å². The first-order chi connectivity index (χ1) is 14.1. The molecule has 0 spiro atoms. The second-order valence-corrected chi connectivity index (χ2v) is 7.67. The standard InChI is InChI=1S/C24H25N5/c1-17-22(20-8-3-2-4-9-20)27-24(26)28-23(17)21-10-12-29(13-11-21)16-19-7-5-6-18(14-19)15-25/h2-9,14,21H,10-13,16H2,1H3,(H2,26,27,28). The Morgan fingerprint density at radius 2 is 1.83 bits per heavy atom. The lowest BCUT2D eigenvalue weighted by Gasteiger charge is -2.32. The Hall–Kier alpha value is -3.23. The topological polar surface area (TPSA) is 78.8 Å². The van der Waals surface area contributed by atoms with Gasteiger partial charge >= 0.3 is 0 Å². The first kappa shape index (κ1) is 19.1. The summed E-state index contributed by atoms with van der Waals surface area (Å²) in [6.45, 7) is 5.00. The number of hydrogen-bond donors (Lipinski definition) is 1. The van der Waals surface area contributed by atoms with Gasteiger partial charge < -0.3 is 5.73 Å². The zero-order valence-electron chi connectivity index (χ0n) is 16.7. The molecular formula is C24H25N5. The van der Waals surface area contributed by atoms with Crippen LogP contribution in [-0.2, 0) is 6.54 Å². The van der Waals surface area contributed by atoms with Crippen LogP contribution in [0.4, 0.5) is 5.95 Å². The van der Waals surface area contributed by atoms with Crippen LogP contribution in [0.2, 0.25) is 0 Å². The number of nitrogens with two attached hydrogens (primary N) is 1. The summed E-state index contributed by atoms with van der Waals surface area (Å²) >= 11 is 0. The molecule has 0 amide bonds. The lowest BCUT2D eigenvalue weighted by atomic mass is 9.89. The number of aromatic nitrogens is 2. The Balaban J connectivity index is 1.49. The molecule has 0 bridgehead atoms. The Morgan fingerprint density at radius 3 is 2.55 bits per heavy atom. The Morgan fingerprint density at radius 1 is 1.07 bits per heavy atom. The van der Waals surface area contributed by atoms with Crippen LogP contribution in [0.25, 0.3) is 11.3 Å². The molecule has 1 saturated heterocycles. The van der Waals surface area contributed by atoms with Crippen LogP contribution in [0.3, 0.4) is 0 Å². The highest BCUT2D eigenvalue weighted by Crippen LogP contribution is 2.33. The lowest BCUT2D eigenvalue weighted by Crippen LogP contribution is -2.33. The average molecular weight is 383 g/mol. The van der Waals surface area contributed by atoms with Gasteiger partial charge in [-0.2, -0.15) is 5.26 Å². The summed E-state index contributed by atoms with van der Waals surface area (Å²) in [6, 6.07) is 20.3. The third-order valence-electron chi connectivity index (χ3n) is 5.68. The van der Waals surface area contributed by atoms with E-state index in [4.69, 9.17) is 11.0 Å². The van der Waals surface area contributed by atoms with Gasteiger partial charge in [0.15, 0.2) is 0 Å². The summed E-state index contributed by atoms with van der Waals surface area (Å²) in [4.78, 5) is 11.6. The van der Waals surface area contributed by atoms with Gasteiger partial charge in [-0.15, -0.1) is 0 Å². The van der Waals surface area contributed by atoms with Crippen LogP contribution in [0.1, 0.15) is 41.1 Å². The number of nitrogens with zero attached hydrogens (tertiary/aromatic N) is 4. The third kappa shape index (κ3) is 4.28. The quantitative estimate of drug-likeness (QED) is 0.727. The first-order valence-electron chi connectivity index (χ1n) is 10.0. The number of nitrogen functional groups attached to an aromatic ring is 1. The zero-order chi connectivity index (χ0) is 20.2. The largest absolute Gasteiger partial charge is 0.368 e. The van der Waals surface area contributed by atoms with Crippen molar-refractivity contribution in [3.63, 3.8) is 0 Å². The molecule has 0 saturated carbocycles. The highest BCUT2D eigenvalue weighted by molar-refractivity contribution is 5.65. The van der Waals surface area contributed by atoms with E-state index >= 15 is 0 Å². The van der Waals surface area contributed by atoms with E-state index in [-0.39, 0.29) is 0 Å². The molecular weight excluding hydrogens is 358 g/mol. The molecule has 1 aliphatic rings. The van der Waals surface area contributed by atoms with Crippen LogP contribution >= 0.6 is 0 Å². The molecule has 1 aromatic heterocycles. The van der Waals surface area contributed by atoms with E-state index in [1.807, 2.05) is 36.4 Å². The molecule has 29 heavy (non-hydrogen) atoms. The molecule has 2 N–H and O–H groups in total. The van der Waals surface area contributed by atoms with Crippen molar-refractivity contribution in [3.05, 3.63) is 77.0 Å². The van der Waals surface area contributed by atoms with Gasteiger partial charge in [0, 0.05) is 18.0 Å². The van der Waals surface area contributed by atoms with E-state index in [9.17, 15) is 0 Å². The fraction of sp³-hybridized carbons (Fsp3) is 0.292. The van der Waals surface area contributed by atoms with Crippen molar-refractivity contribution in [2.24, 2.45) is 0 Å². The monoisotopic (exact) mass is 383 g/mol. The summed E-state index contributed by atoms with van der Waals surface area (Å²) in [5.74, 6) is 0.740. The highest BCUT2D eigenvalue weighted by atomic mass is 15.1. The van der Waals surface area contributed by atoms with Gasteiger partial charge in [0.2, 0.25) is 5.95 Å². The summed E-state index contributed by atoms with van der Waals surface area (Å²) < 4.78 is 0. The van der Waals surface area contributed by atoms with Gasteiger partial charge in [-0.05, 0) is 56.1 Å². The smallest absolute Gasteiger partial charge is 0.220 e. The van der Waals surface area contributed by atoms with Crippen molar-refractivity contribution in [2.75, 3.05) is 18.8 Å². The fourth-order valence-corrected chi connectivity index (χ4v) is 4.19. The van der Waals surface area contributed by atoms with Crippen LogP contribution in [0.5, 0.6) is 0 Å². The van der Waals surface area contributed by atoms with Crippen molar-refractivity contribution in [3.8, 4) is 17.3 Å². The average Bonchev–Trinajstić information content (AvgIpc) is 2.76. The number of likely N-dealkylation sites (tertiary alicyclic amines) is 1. The molecule has 146 valence electrons. The van der Waals surface area contributed by atoms with Crippen LogP contribution in [-0.4, -0.2) is 28.0 Å². The minimum atomic E-state index is 0.347. The number of rotatable bonds is 4. The fourth-order valence-electron chi connectivity index (χ4n) is 4.19. The molecule has 4 rings (SSSR count). The van der Waals surface area contributed by atoms with E-state index < -0.39 is 0 Å². The molecule has 3 aromatic rings. The van der Waals surface area contributed by atoms with Crippen molar-refractivity contribution >= 4 is 5.95 Å². The molecule has 1 aliphatic heterocycles. The van der Waals surface area contributed by atoms with Crippen molar-refractivity contribution in [2.45, 2.75) is 32.2 Å². The SMILES string of the molecule is Cc1c(-c2ccccc2)nc(N)nc1C1CCN(Cc2cccc(C#N)c2)CC1. The molecule has 0 atom stereocenters. The molecule has 5 nitrogen and oxygen atoms in total. The van der Waals surface area contributed by atoms with Crippen LogP contribution < -0.4 is 5.73 Å². The molecule has 1 fully saturated rings. The van der Waals surface area contributed by atoms with Gasteiger partial charge in [0.1, 0.15) is 0 Å². The minimum Gasteiger partial charge on any atom is -0.368 e. The van der Waals surface area contributed by atoms with Gasteiger partial charge in [0.05, 0.1) is 23.0 Å². The maximum Gasteiger partial charge on any atom is 0.220 e. The third-order valence-corrected chi connectivity index (χ3v) is 5.68. The van der Waals surface area contributed by atoms with E-state index in [0.717, 1.165) is 60.6 Å². The second-order valence-electron chi connectivity index (χ2n) is 7.67. The van der Waals surface area contributed by atoms with Gasteiger partial charge in [-0.3, -0.25) is 4.90 Å². The summed E-state index contributed by atoms with van der Waals surface area (Å²) in [6.07, 6.45) is 2.09. The van der Waals surface area contributed by atoms with E-state index in [0.29, 0.717) is 11.9 Å².